The Morgan fingerprint density at radius 3 is 2.93 bits per heavy atom. The number of carbonyl (C=O) groups is 1. The minimum Gasteiger partial charge on any atom is -0.355 e. The van der Waals surface area contributed by atoms with Gasteiger partial charge in [-0.1, -0.05) is 23.7 Å². The Labute approximate surface area is 92.1 Å². The van der Waals surface area contributed by atoms with E-state index in [4.69, 9.17) is 11.6 Å². The summed E-state index contributed by atoms with van der Waals surface area (Å²) in [5, 5.41) is 3.87. The summed E-state index contributed by atoms with van der Waals surface area (Å²) in [6.07, 6.45) is 1.64. The maximum absolute atomic E-state index is 11.6. The Morgan fingerprint density at radius 2 is 2.20 bits per heavy atom. The van der Waals surface area contributed by atoms with Crippen LogP contribution in [0.2, 0.25) is 5.02 Å². The fraction of sp³-hybridized carbons (Fsp3) is 0.0909. The Kier molecular flexibility index (Phi) is 2.56. The second-order valence-electron chi connectivity index (χ2n) is 3.08. The first kappa shape index (κ1) is 9.93. The summed E-state index contributed by atoms with van der Waals surface area (Å²) in [5.74, 6) is -0.218. The molecule has 1 N–H and O–H groups in total. The van der Waals surface area contributed by atoms with Gasteiger partial charge in [-0.15, -0.1) is 0 Å². The molecule has 2 aromatic rings. The number of hydrogen-bond acceptors (Lipinski definition) is 2. The van der Waals surface area contributed by atoms with Gasteiger partial charge in [-0.2, -0.15) is 0 Å². The molecular formula is C11H9ClN2O. The number of fused-ring (bicyclic) bond motifs is 1. The molecule has 0 aliphatic rings. The van der Waals surface area contributed by atoms with E-state index in [1.54, 1.807) is 19.3 Å². The molecule has 0 aliphatic carbocycles. The van der Waals surface area contributed by atoms with E-state index < -0.39 is 0 Å². The van der Waals surface area contributed by atoms with Gasteiger partial charge in [0.2, 0.25) is 0 Å². The van der Waals surface area contributed by atoms with Gasteiger partial charge in [-0.05, 0) is 12.1 Å². The standard InChI is InChI=1S/C11H9ClN2O/c1-13-11(15)9-8(12)5-4-7-3-2-6-14-10(7)9/h2-6H,1H3,(H,13,15). The van der Waals surface area contributed by atoms with Crippen LogP contribution in [0.3, 0.4) is 0 Å². The quantitative estimate of drug-likeness (QED) is 0.801. The van der Waals surface area contributed by atoms with Gasteiger partial charge in [0.1, 0.15) is 0 Å². The van der Waals surface area contributed by atoms with Crippen LogP contribution in [0.1, 0.15) is 10.4 Å². The van der Waals surface area contributed by atoms with Gasteiger partial charge >= 0.3 is 0 Å². The second-order valence-corrected chi connectivity index (χ2v) is 3.48. The van der Waals surface area contributed by atoms with Crippen molar-refractivity contribution in [2.24, 2.45) is 0 Å². The Bertz CT molecular complexity index is 525. The normalized spacial score (nSPS) is 10.3. The molecule has 0 aliphatic heterocycles. The maximum atomic E-state index is 11.6. The molecule has 0 saturated heterocycles. The minimum atomic E-state index is -0.218. The van der Waals surface area contributed by atoms with E-state index in [9.17, 15) is 4.79 Å². The molecule has 15 heavy (non-hydrogen) atoms. The van der Waals surface area contributed by atoms with Crippen molar-refractivity contribution in [2.75, 3.05) is 7.05 Å². The van der Waals surface area contributed by atoms with Gasteiger partial charge in [-0.3, -0.25) is 9.78 Å². The molecule has 4 heteroatoms. The second kappa shape index (κ2) is 3.87. The lowest BCUT2D eigenvalue weighted by atomic mass is 10.1. The van der Waals surface area contributed by atoms with Crippen LogP contribution in [0.4, 0.5) is 0 Å². The number of rotatable bonds is 1. The predicted octanol–water partition coefficient (Wildman–Crippen LogP) is 2.25. The largest absolute Gasteiger partial charge is 0.355 e. The Hall–Kier alpha value is -1.61. The minimum absolute atomic E-state index is 0.218. The van der Waals surface area contributed by atoms with E-state index >= 15 is 0 Å². The van der Waals surface area contributed by atoms with Crippen molar-refractivity contribution in [1.29, 1.82) is 0 Å². The molecule has 0 unspecified atom stereocenters. The van der Waals surface area contributed by atoms with E-state index in [2.05, 4.69) is 10.3 Å². The van der Waals surface area contributed by atoms with Crippen molar-refractivity contribution in [1.82, 2.24) is 10.3 Å². The lowest BCUT2D eigenvalue weighted by Gasteiger charge is -2.06. The molecule has 3 nitrogen and oxygen atoms in total. The number of aromatic nitrogens is 1. The van der Waals surface area contributed by atoms with Gasteiger partial charge in [0.15, 0.2) is 0 Å². The van der Waals surface area contributed by atoms with E-state index in [-0.39, 0.29) is 5.91 Å². The molecule has 0 atom stereocenters. The predicted molar refractivity (Wildman–Crippen MR) is 60.1 cm³/mol. The van der Waals surface area contributed by atoms with Crippen LogP contribution in [-0.2, 0) is 0 Å². The van der Waals surface area contributed by atoms with E-state index in [1.807, 2.05) is 18.2 Å². The highest BCUT2D eigenvalue weighted by atomic mass is 35.5. The molecule has 0 bridgehead atoms. The summed E-state index contributed by atoms with van der Waals surface area (Å²) in [7, 11) is 1.57. The van der Waals surface area contributed by atoms with Gasteiger partial charge < -0.3 is 5.32 Å². The molecule has 0 saturated carbocycles. The summed E-state index contributed by atoms with van der Waals surface area (Å²) in [4.78, 5) is 15.8. The highest BCUT2D eigenvalue weighted by Crippen LogP contribution is 2.24. The molecule has 0 radical (unpaired) electrons. The molecular weight excluding hydrogens is 212 g/mol. The monoisotopic (exact) mass is 220 g/mol. The third-order valence-electron chi connectivity index (χ3n) is 2.18. The maximum Gasteiger partial charge on any atom is 0.254 e. The molecule has 0 fully saturated rings. The first-order valence-electron chi connectivity index (χ1n) is 4.49. The van der Waals surface area contributed by atoms with Gasteiger partial charge in [0, 0.05) is 18.6 Å². The van der Waals surface area contributed by atoms with Crippen molar-refractivity contribution in [3.63, 3.8) is 0 Å². The number of amides is 1. The number of halogens is 1. The Balaban J connectivity index is 2.79. The number of carbonyl (C=O) groups excluding carboxylic acids is 1. The highest BCUT2D eigenvalue weighted by molar-refractivity contribution is 6.35. The van der Waals surface area contributed by atoms with Crippen molar-refractivity contribution in [3.8, 4) is 0 Å². The zero-order valence-corrected chi connectivity index (χ0v) is 8.88. The van der Waals surface area contributed by atoms with Crippen LogP contribution in [-0.4, -0.2) is 17.9 Å². The van der Waals surface area contributed by atoms with Crippen LogP contribution in [0.15, 0.2) is 30.5 Å². The fourth-order valence-corrected chi connectivity index (χ4v) is 1.70. The van der Waals surface area contributed by atoms with Gasteiger partial charge in [0.25, 0.3) is 5.91 Å². The lowest BCUT2D eigenvalue weighted by molar-refractivity contribution is 0.0964. The molecule has 2 rings (SSSR count). The van der Waals surface area contributed by atoms with Crippen molar-refractivity contribution < 1.29 is 4.79 Å². The number of nitrogens with one attached hydrogen (secondary N) is 1. The summed E-state index contributed by atoms with van der Waals surface area (Å²) in [5.41, 5.74) is 1.06. The van der Waals surface area contributed by atoms with Crippen LogP contribution in [0, 0.1) is 0 Å². The van der Waals surface area contributed by atoms with Crippen molar-refractivity contribution in [2.45, 2.75) is 0 Å². The molecule has 1 heterocycles. The zero-order chi connectivity index (χ0) is 10.8. The van der Waals surface area contributed by atoms with Gasteiger partial charge in [-0.25, -0.2) is 0 Å². The number of benzene rings is 1. The summed E-state index contributed by atoms with van der Waals surface area (Å²) in [6.45, 7) is 0. The lowest BCUT2D eigenvalue weighted by Crippen LogP contribution is -2.18. The van der Waals surface area contributed by atoms with Crippen LogP contribution < -0.4 is 5.32 Å². The van der Waals surface area contributed by atoms with E-state index in [0.717, 1.165) is 5.39 Å². The molecule has 1 amide bonds. The molecule has 1 aromatic carbocycles. The smallest absolute Gasteiger partial charge is 0.254 e. The molecule has 1 aromatic heterocycles. The SMILES string of the molecule is CNC(=O)c1c(Cl)ccc2cccnc12. The third-order valence-corrected chi connectivity index (χ3v) is 2.49. The highest BCUT2D eigenvalue weighted by Gasteiger charge is 2.13. The van der Waals surface area contributed by atoms with Crippen LogP contribution in [0.5, 0.6) is 0 Å². The van der Waals surface area contributed by atoms with Crippen LogP contribution in [0.25, 0.3) is 10.9 Å². The average Bonchev–Trinajstić information content (AvgIpc) is 2.28. The first-order valence-corrected chi connectivity index (χ1v) is 4.87. The third kappa shape index (κ3) is 1.66. The molecule has 0 spiro atoms. The zero-order valence-electron chi connectivity index (χ0n) is 8.12. The topological polar surface area (TPSA) is 42.0 Å². The Morgan fingerprint density at radius 1 is 1.40 bits per heavy atom. The summed E-state index contributed by atoms with van der Waals surface area (Å²) < 4.78 is 0. The number of hydrogen-bond donors (Lipinski definition) is 1. The van der Waals surface area contributed by atoms with Crippen molar-refractivity contribution >= 4 is 28.4 Å². The van der Waals surface area contributed by atoms with E-state index in [0.29, 0.717) is 16.1 Å². The number of pyridine rings is 1. The van der Waals surface area contributed by atoms with Crippen LogP contribution >= 0.6 is 11.6 Å². The number of nitrogens with zero attached hydrogens (tertiary/aromatic N) is 1. The summed E-state index contributed by atoms with van der Waals surface area (Å²) in [6, 6.07) is 7.27. The summed E-state index contributed by atoms with van der Waals surface area (Å²) >= 11 is 5.98. The van der Waals surface area contributed by atoms with Gasteiger partial charge in [0.05, 0.1) is 16.1 Å². The fourth-order valence-electron chi connectivity index (χ4n) is 1.46. The first-order chi connectivity index (χ1) is 7.24. The van der Waals surface area contributed by atoms with Crippen molar-refractivity contribution in [3.05, 3.63) is 41.0 Å². The average molecular weight is 221 g/mol. The van der Waals surface area contributed by atoms with E-state index in [1.165, 1.54) is 0 Å². The molecule has 76 valence electrons.